The lowest BCUT2D eigenvalue weighted by Gasteiger charge is -2.34. The van der Waals surface area contributed by atoms with Crippen LogP contribution in [-0.2, 0) is 25.5 Å². The number of nitrogens with one attached hydrogen (secondary N) is 1. The van der Waals surface area contributed by atoms with Crippen molar-refractivity contribution >= 4 is 28.9 Å². The van der Waals surface area contributed by atoms with Crippen molar-refractivity contribution in [3.8, 4) is 11.6 Å². The molecule has 0 spiro atoms. The average Bonchev–Trinajstić information content (AvgIpc) is 3.50. The van der Waals surface area contributed by atoms with Crippen LogP contribution in [0.25, 0.3) is 10.9 Å². The second-order valence-corrected chi connectivity index (χ2v) is 12.2. The molecular weight excluding hydrogens is 514 g/mol. The zero-order chi connectivity index (χ0) is 28.6. The van der Waals surface area contributed by atoms with Crippen LogP contribution in [0.4, 0.5) is 4.79 Å². The third-order valence-corrected chi connectivity index (χ3v) is 8.22. The fourth-order valence-corrected chi connectivity index (χ4v) is 5.84. The first-order chi connectivity index (χ1) is 19.1. The number of nitrogens with zero attached hydrogens (tertiary/aromatic N) is 2. The van der Waals surface area contributed by atoms with Gasteiger partial charge in [-0.2, -0.15) is 0 Å². The SMILES string of the molecule is COC(=O)C1C[C@@H]2CN1C(=O)C(C(C)(C)C)NC(=O)O[C@@H]1C[C@H]1CCCCCc1c(nc3ccccc3c1O)O2. The molecule has 10 heteroatoms. The number of ether oxygens (including phenoxy) is 3. The molecule has 0 radical (unpaired) electrons. The minimum atomic E-state index is -0.930. The van der Waals surface area contributed by atoms with Gasteiger partial charge in [-0.15, -0.1) is 0 Å². The van der Waals surface area contributed by atoms with Crippen molar-refractivity contribution in [2.24, 2.45) is 11.3 Å². The Hall–Kier alpha value is -3.56. The number of para-hydroxylation sites is 1. The van der Waals surface area contributed by atoms with Crippen molar-refractivity contribution in [3.05, 3.63) is 29.8 Å². The number of carbonyl (C=O) groups excluding carboxylic acids is 3. The monoisotopic (exact) mass is 553 g/mol. The summed E-state index contributed by atoms with van der Waals surface area (Å²) in [6, 6.07) is 5.54. The van der Waals surface area contributed by atoms with Crippen molar-refractivity contribution < 1.29 is 33.7 Å². The predicted octanol–water partition coefficient (Wildman–Crippen LogP) is 4.11. The maximum absolute atomic E-state index is 13.9. The highest BCUT2D eigenvalue weighted by Gasteiger charge is 2.47. The van der Waals surface area contributed by atoms with E-state index in [4.69, 9.17) is 19.2 Å². The molecule has 1 aromatic carbocycles. The molecule has 1 saturated carbocycles. The molecule has 2 unspecified atom stereocenters. The Balaban J connectivity index is 1.50. The fraction of sp³-hybridized carbons (Fsp3) is 0.600. The Kier molecular flexibility index (Phi) is 7.79. The predicted molar refractivity (Wildman–Crippen MR) is 147 cm³/mol. The second-order valence-electron chi connectivity index (χ2n) is 12.2. The van der Waals surface area contributed by atoms with Crippen LogP contribution in [0.1, 0.15) is 64.9 Å². The van der Waals surface area contributed by atoms with Crippen LogP contribution in [0, 0.1) is 11.3 Å². The largest absolute Gasteiger partial charge is 0.507 e. The molecule has 2 bridgehead atoms. The maximum atomic E-state index is 13.9. The van der Waals surface area contributed by atoms with E-state index in [0.29, 0.717) is 34.7 Å². The van der Waals surface area contributed by atoms with Crippen molar-refractivity contribution in [3.63, 3.8) is 0 Å². The van der Waals surface area contributed by atoms with Gasteiger partial charge in [-0.3, -0.25) is 4.79 Å². The smallest absolute Gasteiger partial charge is 0.408 e. The van der Waals surface area contributed by atoms with Gasteiger partial charge in [0.05, 0.1) is 24.7 Å². The van der Waals surface area contributed by atoms with E-state index in [1.807, 2.05) is 45.0 Å². The Morgan fingerprint density at radius 3 is 2.65 bits per heavy atom. The van der Waals surface area contributed by atoms with Crippen molar-refractivity contribution in [2.45, 2.75) is 90.0 Å². The highest BCUT2D eigenvalue weighted by Crippen LogP contribution is 2.40. The normalized spacial score (nSPS) is 27.8. The molecule has 40 heavy (non-hydrogen) atoms. The number of carbonyl (C=O) groups is 3. The van der Waals surface area contributed by atoms with Gasteiger partial charge in [0, 0.05) is 11.8 Å². The summed E-state index contributed by atoms with van der Waals surface area (Å²) < 4.78 is 17.1. The molecule has 5 rings (SSSR count). The number of aromatic hydroxyl groups is 1. The van der Waals surface area contributed by atoms with E-state index < -0.39 is 41.6 Å². The van der Waals surface area contributed by atoms with Crippen LogP contribution in [0.5, 0.6) is 11.6 Å². The average molecular weight is 554 g/mol. The number of fused-ring (bicyclic) bond motifs is 5. The molecule has 216 valence electrons. The zero-order valence-electron chi connectivity index (χ0n) is 23.6. The van der Waals surface area contributed by atoms with Crippen LogP contribution in [0.15, 0.2) is 24.3 Å². The Morgan fingerprint density at radius 1 is 1.12 bits per heavy atom. The molecule has 2 aromatic rings. The summed E-state index contributed by atoms with van der Waals surface area (Å²) >= 11 is 0. The number of alkyl carbamates (subject to hydrolysis) is 1. The van der Waals surface area contributed by atoms with Crippen LogP contribution in [0.3, 0.4) is 0 Å². The van der Waals surface area contributed by atoms with Gasteiger partial charge in [-0.25, -0.2) is 14.6 Å². The number of aromatic nitrogens is 1. The quantitative estimate of drug-likeness (QED) is 0.505. The van der Waals surface area contributed by atoms with Crippen molar-refractivity contribution in [2.75, 3.05) is 13.7 Å². The van der Waals surface area contributed by atoms with Gasteiger partial charge in [0.2, 0.25) is 11.8 Å². The zero-order valence-corrected chi connectivity index (χ0v) is 23.6. The number of benzene rings is 1. The van der Waals surface area contributed by atoms with Gasteiger partial charge in [0.25, 0.3) is 0 Å². The van der Waals surface area contributed by atoms with Gasteiger partial charge in [-0.1, -0.05) is 45.7 Å². The van der Waals surface area contributed by atoms with E-state index in [1.165, 1.54) is 12.0 Å². The first kappa shape index (κ1) is 28.0. The van der Waals surface area contributed by atoms with Crippen molar-refractivity contribution in [1.29, 1.82) is 0 Å². The van der Waals surface area contributed by atoms with E-state index >= 15 is 0 Å². The summed E-state index contributed by atoms with van der Waals surface area (Å²) in [4.78, 5) is 45.7. The minimum absolute atomic E-state index is 0.0985. The molecule has 2 aliphatic heterocycles. The molecular formula is C30H39N3O7. The van der Waals surface area contributed by atoms with E-state index in [2.05, 4.69) is 5.32 Å². The van der Waals surface area contributed by atoms with Crippen LogP contribution in [-0.4, -0.2) is 70.9 Å². The molecule has 3 aliphatic rings. The van der Waals surface area contributed by atoms with E-state index in [0.717, 1.165) is 32.1 Å². The molecule has 10 nitrogen and oxygen atoms in total. The van der Waals surface area contributed by atoms with Gasteiger partial charge in [-0.05, 0) is 49.1 Å². The first-order valence-corrected chi connectivity index (χ1v) is 14.2. The lowest BCUT2D eigenvalue weighted by atomic mass is 9.85. The molecule has 5 atom stereocenters. The van der Waals surface area contributed by atoms with Gasteiger partial charge >= 0.3 is 12.1 Å². The Labute approximate surface area is 234 Å². The number of hydrogen-bond donors (Lipinski definition) is 2. The highest BCUT2D eigenvalue weighted by atomic mass is 16.6. The highest BCUT2D eigenvalue weighted by molar-refractivity contribution is 5.91. The Bertz CT molecular complexity index is 1290. The third-order valence-electron chi connectivity index (χ3n) is 8.22. The van der Waals surface area contributed by atoms with Gasteiger partial charge in [0.1, 0.15) is 30.0 Å². The molecule has 1 saturated heterocycles. The summed E-state index contributed by atoms with van der Waals surface area (Å²) in [6.45, 7) is 5.66. The van der Waals surface area contributed by atoms with Crippen LogP contribution >= 0.6 is 0 Å². The molecule has 2 N–H and O–H groups in total. The summed E-state index contributed by atoms with van der Waals surface area (Å²) in [7, 11) is 1.28. The molecule has 2 amide bonds. The number of rotatable bonds is 1. The number of methoxy groups -OCH3 is 1. The minimum Gasteiger partial charge on any atom is -0.507 e. The standard InChI is InChI=1S/C30H39N3O7/c1-30(2,3)25-27(35)33-16-18(15-22(33)28(36)38-4)39-26-20(24(34)19-11-8-9-13-21(19)31-26)12-7-5-6-10-17-14-23(17)40-29(37)32-25/h8-9,11,13,17-18,22-23,25H,5-7,10,12,14-16H2,1-4H3,(H,31,34)(H,32,37)/t17-,18-,22?,23-,25?/m1/s1. The lowest BCUT2D eigenvalue weighted by Crippen LogP contribution is -2.57. The number of esters is 1. The number of hydrogen-bond acceptors (Lipinski definition) is 8. The van der Waals surface area contributed by atoms with E-state index in [1.54, 1.807) is 0 Å². The fourth-order valence-electron chi connectivity index (χ4n) is 5.84. The van der Waals surface area contributed by atoms with E-state index in [9.17, 15) is 19.5 Å². The third kappa shape index (κ3) is 5.81. The Morgan fingerprint density at radius 2 is 1.90 bits per heavy atom. The second kappa shape index (κ2) is 11.1. The molecule has 2 fully saturated rings. The van der Waals surface area contributed by atoms with Gasteiger partial charge < -0.3 is 29.5 Å². The van der Waals surface area contributed by atoms with Crippen LogP contribution < -0.4 is 10.1 Å². The summed E-state index contributed by atoms with van der Waals surface area (Å²) in [5.41, 5.74) is 0.580. The topological polar surface area (TPSA) is 127 Å². The van der Waals surface area contributed by atoms with Crippen molar-refractivity contribution in [1.82, 2.24) is 15.2 Å². The van der Waals surface area contributed by atoms with Crippen LogP contribution in [0.2, 0.25) is 0 Å². The lowest BCUT2D eigenvalue weighted by molar-refractivity contribution is -0.152. The molecule has 3 heterocycles. The summed E-state index contributed by atoms with van der Waals surface area (Å²) in [5, 5.41) is 14.7. The number of amides is 2. The molecule has 1 aliphatic carbocycles. The summed E-state index contributed by atoms with van der Waals surface area (Å²) in [6.07, 6.45) is 3.94. The summed E-state index contributed by atoms with van der Waals surface area (Å²) in [5.74, 6) is -0.191. The first-order valence-electron chi connectivity index (χ1n) is 14.2. The number of pyridine rings is 1. The van der Waals surface area contributed by atoms with Gasteiger partial charge in [0.15, 0.2) is 0 Å². The maximum Gasteiger partial charge on any atom is 0.408 e. The molecule has 1 aromatic heterocycles. The van der Waals surface area contributed by atoms with E-state index in [-0.39, 0.29) is 24.8 Å².